The van der Waals surface area contributed by atoms with Gasteiger partial charge < -0.3 is 10.1 Å². The molecule has 0 unspecified atom stereocenters. The van der Waals surface area contributed by atoms with Crippen molar-refractivity contribution in [2.45, 2.75) is 0 Å². The second kappa shape index (κ2) is 5.83. The first-order chi connectivity index (χ1) is 9.65. The largest absolute Gasteiger partial charge is 0.497 e. The van der Waals surface area contributed by atoms with Gasteiger partial charge in [-0.25, -0.2) is 0 Å². The van der Waals surface area contributed by atoms with Crippen molar-refractivity contribution in [1.82, 2.24) is 20.4 Å². The number of benzene rings is 1. The fourth-order valence-electron chi connectivity index (χ4n) is 1.45. The quantitative estimate of drug-likeness (QED) is 0.756. The number of nitrogens with one attached hydrogen (secondary N) is 2. The molecule has 2 N–H and O–H groups in total. The van der Waals surface area contributed by atoms with Gasteiger partial charge in [0.2, 0.25) is 5.69 Å². The molecular formula is C12H13N5O3. The maximum Gasteiger partial charge on any atom is 0.320 e. The van der Waals surface area contributed by atoms with E-state index in [2.05, 4.69) is 20.7 Å². The number of rotatable bonds is 4. The molecule has 0 aliphatic rings. The maximum atomic E-state index is 11.8. The zero-order valence-corrected chi connectivity index (χ0v) is 11.0. The summed E-state index contributed by atoms with van der Waals surface area (Å²) in [5.41, 5.74) is -0.0812. The highest BCUT2D eigenvalue weighted by molar-refractivity contribution is 5.91. The number of hydrogen-bond acceptors (Lipinski definition) is 5. The molecule has 8 heteroatoms. The number of aromatic amines is 1. The van der Waals surface area contributed by atoms with E-state index in [0.29, 0.717) is 0 Å². The molecule has 1 amide bonds. The smallest absolute Gasteiger partial charge is 0.320 e. The fraction of sp³-hybridized carbons (Fsp3) is 0.167. The van der Waals surface area contributed by atoms with Crippen LogP contribution in [0.5, 0.6) is 5.75 Å². The fourth-order valence-corrected chi connectivity index (χ4v) is 1.45. The van der Waals surface area contributed by atoms with Crippen LogP contribution in [0.1, 0.15) is 16.1 Å². The van der Waals surface area contributed by atoms with Gasteiger partial charge in [-0.3, -0.25) is 9.59 Å². The van der Waals surface area contributed by atoms with Crippen molar-refractivity contribution in [3.05, 3.63) is 45.9 Å². The van der Waals surface area contributed by atoms with Crippen LogP contribution >= 0.6 is 0 Å². The van der Waals surface area contributed by atoms with Crippen LogP contribution < -0.4 is 15.6 Å². The van der Waals surface area contributed by atoms with E-state index in [-0.39, 0.29) is 5.69 Å². The lowest BCUT2D eigenvalue weighted by Gasteiger charge is -1.98. The number of carbonyl (C=O) groups excluding carboxylic acids is 1. The lowest BCUT2D eigenvalue weighted by molar-refractivity contribution is 0.0957. The van der Waals surface area contributed by atoms with Gasteiger partial charge in [-0.2, -0.15) is 10.3 Å². The Morgan fingerprint density at radius 2 is 2.15 bits per heavy atom. The molecule has 0 fully saturated rings. The molecule has 0 saturated heterocycles. The Bertz CT molecular complexity index is 684. The summed E-state index contributed by atoms with van der Waals surface area (Å²) in [7, 11) is 3.00. The maximum absolute atomic E-state index is 11.8. The van der Waals surface area contributed by atoms with Crippen molar-refractivity contribution in [2.75, 3.05) is 14.2 Å². The number of hydrogen-bond donors (Lipinski definition) is 2. The minimum atomic E-state index is -0.617. The van der Waals surface area contributed by atoms with Gasteiger partial charge in [-0.05, 0) is 29.8 Å². The van der Waals surface area contributed by atoms with E-state index in [4.69, 9.17) is 4.74 Å². The van der Waals surface area contributed by atoms with Crippen molar-refractivity contribution in [3.63, 3.8) is 0 Å². The van der Waals surface area contributed by atoms with Gasteiger partial charge in [-0.1, -0.05) is 0 Å². The van der Waals surface area contributed by atoms with Crippen LogP contribution in [0.4, 0.5) is 0 Å². The van der Waals surface area contributed by atoms with Crippen LogP contribution in [-0.2, 0) is 0 Å². The summed E-state index contributed by atoms with van der Waals surface area (Å²) < 4.78 is 5.03. The van der Waals surface area contributed by atoms with E-state index >= 15 is 0 Å². The molecule has 0 aliphatic heterocycles. The molecule has 2 rings (SSSR count). The van der Waals surface area contributed by atoms with Gasteiger partial charge >= 0.3 is 5.56 Å². The summed E-state index contributed by atoms with van der Waals surface area (Å²) in [6, 6.07) is 7.10. The number of carbonyl (C=O) groups is 1. The third-order valence-electron chi connectivity index (χ3n) is 2.53. The van der Waals surface area contributed by atoms with Crippen molar-refractivity contribution < 1.29 is 9.53 Å². The van der Waals surface area contributed by atoms with Crippen molar-refractivity contribution in [1.29, 1.82) is 0 Å². The van der Waals surface area contributed by atoms with E-state index < -0.39 is 11.5 Å². The average molecular weight is 275 g/mol. The molecule has 0 bridgehead atoms. The summed E-state index contributed by atoms with van der Waals surface area (Å²) in [4.78, 5) is 24.0. The molecule has 0 spiro atoms. The highest BCUT2D eigenvalue weighted by Crippen LogP contribution is 2.09. The van der Waals surface area contributed by atoms with Crippen molar-refractivity contribution in [3.8, 4) is 5.75 Å². The Hall–Kier alpha value is -2.90. The standard InChI is InChI=1S/C12H13N5O3/c1-13-11(18)10-12(19)17(16-15-10)14-7-8-3-5-9(20-2)6-4-8/h3-7,16H,1-2H3,(H,13,18)/b14-7+. The molecule has 0 saturated carbocycles. The lowest BCUT2D eigenvalue weighted by Crippen LogP contribution is -2.26. The Labute approximate surface area is 114 Å². The van der Waals surface area contributed by atoms with E-state index in [0.717, 1.165) is 16.1 Å². The van der Waals surface area contributed by atoms with Gasteiger partial charge in [0.15, 0.2) is 0 Å². The van der Waals surface area contributed by atoms with Gasteiger partial charge in [-0.15, -0.1) is 9.89 Å². The van der Waals surface area contributed by atoms with E-state index in [1.165, 1.54) is 13.3 Å². The average Bonchev–Trinajstić information content (AvgIpc) is 2.86. The second-order valence-electron chi connectivity index (χ2n) is 3.77. The molecule has 0 radical (unpaired) electrons. The van der Waals surface area contributed by atoms with Crippen molar-refractivity contribution >= 4 is 12.1 Å². The summed E-state index contributed by atoms with van der Waals surface area (Å²) in [6.07, 6.45) is 1.46. The van der Waals surface area contributed by atoms with Crippen LogP contribution in [0.15, 0.2) is 34.2 Å². The predicted octanol–water partition coefficient (Wildman–Crippen LogP) is -0.178. The number of ether oxygens (including phenoxy) is 1. The second-order valence-corrected chi connectivity index (χ2v) is 3.77. The third-order valence-corrected chi connectivity index (χ3v) is 2.53. The monoisotopic (exact) mass is 275 g/mol. The highest BCUT2D eigenvalue weighted by Gasteiger charge is 2.14. The Kier molecular flexibility index (Phi) is 3.94. The Balaban J connectivity index is 2.21. The molecular weight excluding hydrogens is 262 g/mol. The zero-order chi connectivity index (χ0) is 14.5. The van der Waals surface area contributed by atoms with Gasteiger partial charge in [0, 0.05) is 7.05 Å². The number of aromatic nitrogens is 3. The van der Waals surface area contributed by atoms with Crippen LogP contribution in [0.3, 0.4) is 0 Å². The number of amides is 1. The van der Waals surface area contributed by atoms with Crippen LogP contribution in [-0.4, -0.2) is 41.4 Å². The summed E-state index contributed by atoms with van der Waals surface area (Å²) in [6.45, 7) is 0. The first-order valence-electron chi connectivity index (χ1n) is 5.73. The summed E-state index contributed by atoms with van der Waals surface area (Å²) >= 11 is 0. The molecule has 1 aromatic carbocycles. The van der Waals surface area contributed by atoms with Crippen LogP contribution in [0.2, 0.25) is 0 Å². The minimum Gasteiger partial charge on any atom is -0.497 e. The normalized spacial score (nSPS) is 10.7. The Morgan fingerprint density at radius 3 is 2.75 bits per heavy atom. The molecule has 1 aromatic heterocycles. The van der Waals surface area contributed by atoms with Crippen LogP contribution in [0, 0.1) is 0 Å². The van der Waals surface area contributed by atoms with E-state index in [9.17, 15) is 9.59 Å². The van der Waals surface area contributed by atoms with E-state index in [1.54, 1.807) is 31.4 Å². The zero-order valence-electron chi connectivity index (χ0n) is 11.0. The van der Waals surface area contributed by atoms with E-state index in [1.807, 2.05) is 0 Å². The first kappa shape index (κ1) is 13.5. The SMILES string of the molecule is CNC(=O)c1n[nH]n(/N=C/c2ccc(OC)cc2)c1=O. The van der Waals surface area contributed by atoms with Gasteiger partial charge in [0.05, 0.1) is 13.3 Å². The summed E-state index contributed by atoms with van der Waals surface area (Å²) in [5.74, 6) is 0.160. The number of H-pyrrole nitrogens is 1. The minimum absolute atomic E-state index is 0.237. The predicted molar refractivity (Wildman–Crippen MR) is 72.2 cm³/mol. The Morgan fingerprint density at radius 1 is 1.45 bits per heavy atom. The molecule has 20 heavy (non-hydrogen) atoms. The van der Waals surface area contributed by atoms with Crippen molar-refractivity contribution in [2.24, 2.45) is 5.10 Å². The van der Waals surface area contributed by atoms with Gasteiger partial charge in [0.25, 0.3) is 5.91 Å². The number of methoxy groups -OCH3 is 1. The molecule has 1 heterocycles. The molecule has 8 nitrogen and oxygen atoms in total. The molecule has 0 atom stereocenters. The van der Waals surface area contributed by atoms with Crippen LogP contribution in [0.25, 0.3) is 0 Å². The molecule has 2 aromatic rings. The third kappa shape index (κ3) is 2.74. The first-order valence-corrected chi connectivity index (χ1v) is 5.73. The number of nitrogens with zero attached hydrogens (tertiary/aromatic N) is 3. The lowest BCUT2D eigenvalue weighted by atomic mass is 10.2. The molecule has 0 aliphatic carbocycles. The van der Waals surface area contributed by atoms with Gasteiger partial charge in [0.1, 0.15) is 5.75 Å². The topological polar surface area (TPSA) is 101 Å². The highest BCUT2D eigenvalue weighted by atomic mass is 16.5. The summed E-state index contributed by atoms with van der Waals surface area (Å²) in [5, 5.41) is 12.2. The molecule has 104 valence electrons.